The first-order chi connectivity index (χ1) is 8.13. The molecule has 1 N–H and O–H groups in total. The summed E-state index contributed by atoms with van der Waals surface area (Å²) in [7, 11) is 1.87. The number of hydrogen-bond donors (Lipinski definition) is 1. The highest BCUT2D eigenvalue weighted by Crippen LogP contribution is 2.26. The Morgan fingerprint density at radius 3 is 2.59 bits per heavy atom. The van der Waals surface area contributed by atoms with Crippen molar-refractivity contribution in [3.05, 3.63) is 39.6 Å². The molecule has 2 aromatic rings. The van der Waals surface area contributed by atoms with Gasteiger partial charge in [-0.2, -0.15) is 0 Å². The van der Waals surface area contributed by atoms with Crippen molar-refractivity contribution in [2.75, 3.05) is 6.61 Å². The number of rotatable bonds is 3. The van der Waals surface area contributed by atoms with E-state index in [9.17, 15) is 0 Å². The van der Waals surface area contributed by atoms with Crippen LogP contribution in [0.1, 0.15) is 5.69 Å². The van der Waals surface area contributed by atoms with Crippen molar-refractivity contribution in [2.45, 2.75) is 6.42 Å². The zero-order chi connectivity index (χ0) is 12.4. The molecule has 0 aliphatic heterocycles. The number of nitrogens with zero attached hydrogens (tertiary/aromatic N) is 2. The Hall–Kier alpha value is -0.840. The third-order valence-corrected chi connectivity index (χ3v) is 3.54. The average molecular weight is 316 g/mol. The fourth-order valence-electron chi connectivity index (χ4n) is 1.66. The van der Waals surface area contributed by atoms with Crippen LogP contribution in [0.15, 0.2) is 28.7 Å². The molecule has 0 atom stereocenters. The molecule has 3 nitrogen and oxygen atoms in total. The van der Waals surface area contributed by atoms with Gasteiger partial charge in [-0.15, -0.1) is 0 Å². The Labute approximate surface area is 113 Å². The standard InChI is InChI=1S/C12H12BrClN2O/c1-16-11(14)10(6-7-17)15-12(16)8-2-4-9(13)5-3-8/h2-5,17H,6-7H2,1H3. The number of aromatic nitrogens is 2. The summed E-state index contributed by atoms with van der Waals surface area (Å²) < 4.78 is 2.85. The second-order valence-electron chi connectivity index (χ2n) is 3.71. The number of aliphatic hydroxyl groups excluding tert-OH is 1. The molecular formula is C12H12BrClN2O. The topological polar surface area (TPSA) is 38.0 Å². The fraction of sp³-hybridized carbons (Fsp3) is 0.250. The highest BCUT2D eigenvalue weighted by Gasteiger charge is 2.13. The van der Waals surface area contributed by atoms with Gasteiger partial charge in [-0.1, -0.05) is 39.7 Å². The van der Waals surface area contributed by atoms with Crippen LogP contribution in [-0.2, 0) is 13.5 Å². The Morgan fingerprint density at radius 2 is 2.00 bits per heavy atom. The summed E-state index contributed by atoms with van der Waals surface area (Å²) in [6.07, 6.45) is 0.475. The molecule has 0 aliphatic carbocycles. The van der Waals surface area contributed by atoms with Gasteiger partial charge in [0.2, 0.25) is 0 Å². The normalized spacial score (nSPS) is 10.8. The van der Waals surface area contributed by atoms with E-state index in [1.165, 1.54) is 0 Å². The molecule has 0 saturated carbocycles. The lowest BCUT2D eigenvalue weighted by atomic mass is 10.2. The van der Waals surface area contributed by atoms with Crippen molar-refractivity contribution in [1.82, 2.24) is 9.55 Å². The van der Waals surface area contributed by atoms with Crippen LogP contribution in [0.4, 0.5) is 0 Å². The quantitative estimate of drug-likeness (QED) is 0.945. The van der Waals surface area contributed by atoms with Crippen LogP contribution < -0.4 is 0 Å². The van der Waals surface area contributed by atoms with Gasteiger partial charge >= 0.3 is 0 Å². The summed E-state index contributed by atoms with van der Waals surface area (Å²) in [5, 5.41) is 9.52. The van der Waals surface area contributed by atoms with Gasteiger partial charge in [-0.25, -0.2) is 4.98 Å². The molecule has 17 heavy (non-hydrogen) atoms. The zero-order valence-electron chi connectivity index (χ0n) is 9.32. The Kier molecular flexibility index (Phi) is 3.86. The van der Waals surface area contributed by atoms with Crippen LogP contribution in [0, 0.1) is 0 Å². The van der Waals surface area contributed by atoms with Gasteiger partial charge in [0.05, 0.1) is 5.69 Å². The molecule has 0 saturated heterocycles. The van der Waals surface area contributed by atoms with Gasteiger partial charge in [-0.3, -0.25) is 0 Å². The second kappa shape index (κ2) is 5.21. The fourth-order valence-corrected chi connectivity index (χ4v) is 2.14. The summed E-state index contributed by atoms with van der Waals surface area (Å²) in [5.74, 6) is 0.811. The maximum Gasteiger partial charge on any atom is 0.141 e. The Balaban J connectivity index is 2.45. The van der Waals surface area contributed by atoms with Crippen LogP contribution in [0.3, 0.4) is 0 Å². The number of hydrogen-bond acceptors (Lipinski definition) is 2. The van der Waals surface area contributed by atoms with Crippen molar-refractivity contribution in [1.29, 1.82) is 0 Å². The molecule has 0 aliphatic rings. The third kappa shape index (κ3) is 2.54. The highest BCUT2D eigenvalue weighted by molar-refractivity contribution is 9.10. The van der Waals surface area contributed by atoms with Gasteiger partial charge in [0.1, 0.15) is 11.0 Å². The minimum Gasteiger partial charge on any atom is -0.396 e. The van der Waals surface area contributed by atoms with Crippen molar-refractivity contribution >= 4 is 27.5 Å². The van der Waals surface area contributed by atoms with Crippen LogP contribution >= 0.6 is 27.5 Å². The van der Waals surface area contributed by atoms with Gasteiger partial charge in [0.15, 0.2) is 0 Å². The van der Waals surface area contributed by atoms with E-state index in [0.29, 0.717) is 11.6 Å². The zero-order valence-corrected chi connectivity index (χ0v) is 11.7. The molecule has 0 unspecified atom stereocenters. The monoisotopic (exact) mass is 314 g/mol. The molecule has 0 bridgehead atoms. The largest absolute Gasteiger partial charge is 0.396 e. The summed E-state index contributed by atoms with van der Waals surface area (Å²) in [4.78, 5) is 4.45. The van der Waals surface area contributed by atoms with Gasteiger partial charge < -0.3 is 9.67 Å². The van der Waals surface area contributed by atoms with E-state index in [0.717, 1.165) is 21.6 Å². The summed E-state index contributed by atoms with van der Waals surface area (Å²) in [5.41, 5.74) is 1.73. The molecular weight excluding hydrogens is 304 g/mol. The number of benzene rings is 1. The van der Waals surface area contributed by atoms with Crippen LogP contribution in [0.2, 0.25) is 5.15 Å². The van der Waals surface area contributed by atoms with E-state index < -0.39 is 0 Å². The van der Waals surface area contributed by atoms with Crippen molar-refractivity contribution in [3.63, 3.8) is 0 Å². The number of halogens is 2. The van der Waals surface area contributed by atoms with Crippen molar-refractivity contribution in [3.8, 4) is 11.4 Å². The first kappa shape index (κ1) is 12.6. The lowest BCUT2D eigenvalue weighted by Gasteiger charge is -2.02. The van der Waals surface area contributed by atoms with Gasteiger partial charge in [0.25, 0.3) is 0 Å². The summed E-state index contributed by atoms with van der Waals surface area (Å²) in [6.45, 7) is 0.0521. The first-order valence-corrected chi connectivity index (χ1v) is 6.38. The van der Waals surface area contributed by atoms with Gasteiger partial charge in [-0.05, 0) is 12.1 Å². The van der Waals surface area contributed by atoms with E-state index >= 15 is 0 Å². The van der Waals surface area contributed by atoms with E-state index in [-0.39, 0.29) is 6.61 Å². The molecule has 0 radical (unpaired) electrons. The Morgan fingerprint density at radius 1 is 1.35 bits per heavy atom. The lowest BCUT2D eigenvalue weighted by molar-refractivity contribution is 0.298. The third-order valence-electron chi connectivity index (χ3n) is 2.54. The highest BCUT2D eigenvalue weighted by atomic mass is 79.9. The van der Waals surface area contributed by atoms with E-state index in [1.807, 2.05) is 35.9 Å². The van der Waals surface area contributed by atoms with Gasteiger partial charge in [0, 0.05) is 30.1 Å². The number of imidazole rings is 1. The summed E-state index contributed by atoms with van der Waals surface area (Å²) in [6, 6.07) is 7.88. The molecule has 1 aromatic carbocycles. The Bertz CT molecular complexity index is 522. The molecule has 1 aromatic heterocycles. The molecule has 90 valence electrons. The number of aliphatic hydroxyl groups is 1. The average Bonchev–Trinajstić information content (AvgIpc) is 2.59. The van der Waals surface area contributed by atoms with Crippen molar-refractivity contribution in [2.24, 2.45) is 7.05 Å². The summed E-state index contributed by atoms with van der Waals surface area (Å²) >= 11 is 9.55. The smallest absolute Gasteiger partial charge is 0.141 e. The maximum atomic E-state index is 8.94. The van der Waals surface area contributed by atoms with E-state index in [1.54, 1.807) is 0 Å². The SMILES string of the molecule is Cn1c(-c2ccc(Br)cc2)nc(CCO)c1Cl. The van der Waals surface area contributed by atoms with E-state index in [2.05, 4.69) is 20.9 Å². The van der Waals surface area contributed by atoms with Crippen molar-refractivity contribution < 1.29 is 5.11 Å². The maximum absolute atomic E-state index is 8.94. The molecule has 5 heteroatoms. The minimum absolute atomic E-state index is 0.0521. The lowest BCUT2D eigenvalue weighted by Crippen LogP contribution is -1.92. The molecule has 0 fully saturated rings. The minimum atomic E-state index is 0.0521. The molecule has 0 amide bonds. The van der Waals surface area contributed by atoms with E-state index in [4.69, 9.17) is 16.7 Å². The van der Waals surface area contributed by atoms with Crippen LogP contribution in [-0.4, -0.2) is 21.3 Å². The van der Waals surface area contributed by atoms with Crippen LogP contribution in [0.5, 0.6) is 0 Å². The molecule has 0 spiro atoms. The molecule has 1 heterocycles. The van der Waals surface area contributed by atoms with Crippen LogP contribution in [0.25, 0.3) is 11.4 Å². The first-order valence-electron chi connectivity index (χ1n) is 5.21. The predicted octanol–water partition coefficient (Wildman–Crippen LogP) is 3.04. The second-order valence-corrected chi connectivity index (χ2v) is 4.99. The predicted molar refractivity (Wildman–Crippen MR) is 72.1 cm³/mol. The molecule has 2 rings (SSSR count).